The molecule has 4 rings (SSSR count). The van der Waals surface area contributed by atoms with Gasteiger partial charge in [0.05, 0.1) is 5.69 Å². The highest BCUT2D eigenvalue weighted by Gasteiger charge is 2.17. The van der Waals surface area contributed by atoms with E-state index in [1.54, 1.807) is 10.8 Å². The summed E-state index contributed by atoms with van der Waals surface area (Å²) in [6.07, 6.45) is 3.72. The minimum Gasteiger partial charge on any atom is -0.268 e. The van der Waals surface area contributed by atoms with Crippen LogP contribution in [0.15, 0.2) is 76.8 Å². The van der Waals surface area contributed by atoms with Crippen LogP contribution >= 0.6 is 11.8 Å². The van der Waals surface area contributed by atoms with Gasteiger partial charge in [0.1, 0.15) is 0 Å². The van der Waals surface area contributed by atoms with Crippen molar-refractivity contribution in [2.75, 3.05) is 6.26 Å². The maximum absolute atomic E-state index is 13.6. The number of pyridine rings is 1. The Hall–Kier alpha value is -2.92. The van der Waals surface area contributed by atoms with Crippen molar-refractivity contribution >= 4 is 22.8 Å². The molecule has 0 saturated carbocycles. The summed E-state index contributed by atoms with van der Waals surface area (Å²) >= 11 is 1.46. The van der Waals surface area contributed by atoms with E-state index in [0.29, 0.717) is 16.4 Å². The molecule has 2 heterocycles. The number of hydrogen-bond donors (Lipinski definition) is 0. The van der Waals surface area contributed by atoms with E-state index >= 15 is 0 Å². The van der Waals surface area contributed by atoms with Gasteiger partial charge in [-0.25, -0.2) is 9.97 Å². The van der Waals surface area contributed by atoms with Crippen LogP contribution in [0.4, 0.5) is 0 Å². The van der Waals surface area contributed by atoms with E-state index in [-0.39, 0.29) is 11.0 Å². The van der Waals surface area contributed by atoms with Crippen molar-refractivity contribution in [3.8, 4) is 16.8 Å². The SMILES string of the molecule is CSc1ncc2cc(-c3ccc(C(C)(C)C)cc3)c(=O)n(-c3ccccc3)c2n1. The Balaban J connectivity index is 1.99. The molecule has 0 amide bonds. The summed E-state index contributed by atoms with van der Waals surface area (Å²) in [6.45, 7) is 6.54. The summed E-state index contributed by atoms with van der Waals surface area (Å²) in [7, 11) is 0. The largest absolute Gasteiger partial charge is 0.268 e. The second-order valence-corrected chi connectivity index (χ2v) is 8.77. The van der Waals surface area contributed by atoms with Crippen molar-refractivity contribution < 1.29 is 0 Å². The molecule has 2 aromatic heterocycles. The van der Waals surface area contributed by atoms with Gasteiger partial charge in [0.15, 0.2) is 10.8 Å². The summed E-state index contributed by atoms with van der Waals surface area (Å²) in [4.78, 5) is 22.6. The maximum atomic E-state index is 13.6. The number of aromatic nitrogens is 3. The Morgan fingerprint density at radius 3 is 2.28 bits per heavy atom. The molecule has 0 spiro atoms. The van der Waals surface area contributed by atoms with Gasteiger partial charge in [0.25, 0.3) is 5.56 Å². The van der Waals surface area contributed by atoms with Crippen LogP contribution in [0.25, 0.3) is 27.8 Å². The van der Waals surface area contributed by atoms with Crippen molar-refractivity contribution in [2.45, 2.75) is 31.3 Å². The van der Waals surface area contributed by atoms with Crippen molar-refractivity contribution in [2.24, 2.45) is 0 Å². The van der Waals surface area contributed by atoms with Gasteiger partial charge >= 0.3 is 0 Å². The summed E-state index contributed by atoms with van der Waals surface area (Å²) < 4.78 is 1.68. The average molecular weight is 402 g/mol. The molecule has 0 unspecified atom stereocenters. The van der Waals surface area contributed by atoms with Gasteiger partial charge < -0.3 is 0 Å². The molecule has 146 valence electrons. The van der Waals surface area contributed by atoms with E-state index in [4.69, 9.17) is 0 Å². The summed E-state index contributed by atoms with van der Waals surface area (Å²) in [5, 5.41) is 1.48. The molecular weight excluding hydrogens is 378 g/mol. The van der Waals surface area contributed by atoms with E-state index in [9.17, 15) is 4.79 Å². The predicted octanol–water partition coefficient (Wildman–Crippen LogP) is 5.47. The zero-order valence-corrected chi connectivity index (χ0v) is 17.8. The highest BCUT2D eigenvalue weighted by Crippen LogP contribution is 2.27. The summed E-state index contributed by atoms with van der Waals surface area (Å²) in [6, 6.07) is 19.8. The first kappa shape index (κ1) is 19.4. The third-order valence-electron chi connectivity index (χ3n) is 4.98. The number of hydrogen-bond acceptors (Lipinski definition) is 4. The fourth-order valence-electron chi connectivity index (χ4n) is 3.35. The summed E-state index contributed by atoms with van der Waals surface area (Å²) in [5.74, 6) is 0. The summed E-state index contributed by atoms with van der Waals surface area (Å²) in [5.41, 5.74) is 4.16. The van der Waals surface area contributed by atoms with Gasteiger partial charge in [0.2, 0.25) is 0 Å². The molecule has 0 bridgehead atoms. The Morgan fingerprint density at radius 2 is 1.66 bits per heavy atom. The van der Waals surface area contributed by atoms with E-state index in [0.717, 1.165) is 16.6 Å². The molecule has 0 radical (unpaired) electrons. The van der Waals surface area contributed by atoms with Crippen LogP contribution in [0.5, 0.6) is 0 Å². The standard InChI is InChI=1S/C24H23N3OS/c1-24(2,3)18-12-10-16(11-13-18)20-14-17-15-25-23(29-4)26-21(17)27(22(20)28)19-8-6-5-7-9-19/h5-15H,1-4H3. The molecule has 5 heteroatoms. The molecule has 0 saturated heterocycles. The first-order valence-corrected chi connectivity index (χ1v) is 10.7. The molecule has 0 fully saturated rings. The van der Waals surface area contributed by atoms with Crippen LogP contribution in [0.3, 0.4) is 0 Å². The Bertz CT molecular complexity index is 1220. The van der Waals surface area contributed by atoms with Crippen LogP contribution in [-0.4, -0.2) is 20.8 Å². The number of benzene rings is 2. The van der Waals surface area contributed by atoms with Gasteiger partial charge in [-0.05, 0) is 41.0 Å². The Kier molecular flexibility index (Phi) is 5.01. The molecule has 0 N–H and O–H groups in total. The fraction of sp³-hybridized carbons (Fsp3) is 0.208. The first-order chi connectivity index (χ1) is 13.9. The second kappa shape index (κ2) is 7.48. The highest BCUT2D eigenvalue weighted by atomic mass is 32.2. The van der Waals surface area contributed by atoms with Crippen LogP contribution in [0, 0.1) is 0 Å². The topological polar surface area (TPSA) is 47.8 Å². The first-order valence-electron chi connectivity index (χ1n) is 9.51. The zero-order chi connectivity index (χ0) is 20.6. The minimum atomic E-state index is -0.0852. The maximum Gasteiger partial charge on any atom is 0.264 e. The Morgan fingerprint density at radius 1 is 0.966 bits per heavy atom. The number of rotatable bonds is 3. The van der Waals surface area contributed by atoms with Gasteiger partial charge in [0, 0.05) is 17.1 Å². The molecular formula is C24H23N3OS. The lowest BCUT2D eigenvalue weighted by Gasteiger charge is -2.19. The molecule has 0 aliphatic carbocycles. The third kappa shape index (κ3) is 3.70. The molecule has 0 aliphatic rings. The van der Waals surface area contributed by atoms with Gasteiger partial charge in [-0.2, -0.15) is 0 Å². The normalized spacial score (nSPS) is 11.7. The molecule has 29 heavy (non-hydrogen) atoms. The predicted molar refractivity (Wildman–Crippen MR) is 121 cm³/mol. The van der Waals surface area contributed by atoms with Crippen LogP contribution in [-0.2, 0) is 5.41 Å². The molecule has 0 aliphatic heterocycles. The number of nitrogens with zero attached hydrogens (tertiary/aromatic N) is 3. The fourth-order valence-corrected chi connectivity index (χ4v) is 3.69. The van der Waals surface area contributed by atoms with Crippen molar-refractivity contribution in [3.05, 3.63) is 82.8 Å². The van der Waals surface area contributed by atoms with Crippen LogP contribution < -0.4 is 5.56 Å². The lowest BCUT2D eigenvalue weighted by molar-refractivity contribution is 0.590. The lowest BCUT2D eigenvalue weighted by atomic mass is 9.86. The lowest BCUT2D eigenvalue weighted by Crippen LogP contribution is -2.21. The molecule has 0 atom stereocenters. The molecule has 2 aromatic carbocycles. The second-order valence-electron chi connectivity index (χ2n) is 8.00. The van der Waals surface area contributed by atoms with Crippen molar-refractivity contribution in [1.29, 1.82) is 0 Å². The number of fused-ring (bicyclic) bond motifs is 1. The van der Waals surface area contributed by atoms with E-state index in [2.05, 4.69) is 42.9 Å². The Labute approximate surface area is 174 Å². The van der Waals surface area contributed by atoms with E-state index in [1.807, 2.05) is 54.8 Å². The smallest absolute Gasteiger partial charge is 0.264 e. The van der Waals surface area contributed by atoms with Gasteiger partial charge in [-0.15, -0.1) is 0 Å². The monoisotopic (exact) mass is 401 g/mol. The third-order valence-corrected chi connectivity index (χ3v) is 5.54. The van der Waals surface area contributed by atoms with Gasteiger partial charge in [-0.1, -0.05) is 75.0 Å². The molecule has 4 nitrogen and oxygen atoms in total. The number of para-hydroxylation sites is 1. The van der Waals surface area contributed by atoms with Gasteiger partial charge in [-0.3, -0.25) is 9.36 Å². The van der Waals surface area contributed by atoms with E-state index in [1.165, 1.54) is 17.3 Å². The zero-order valence-electron chi connectivity index (χ0n) is 17.0. The van der Waals surface area contributed by atoms with Crippen molar-refractivity contribution in [3.63, 3.8) is 0 Å². The quantitative estimate of drug-likeness (QED) is 0.337. The van der Waals surface area contributed by atoms with Crippen LogP contribution in [0.1, 0.15) is 26.3 Å². The van der Waals surface area contributed by atoms with Crippen molar-refractivity contribution in [1.82, 2.24) is 14.5 Å². The van der Waals surface area contributed by atoms with Crippen LogP contribution in [0.2, 0.25) is 0 Å². The molecule has 4 aromatic rings. The number of thioether (sulfide) groups is 1. The average Bonchev–Trinajstić information content (AvgIpc) is 2.73. The van der Waals surface area contributed by atoms with E-state index < -0.39 is 0 Å². The highest BCUT2D eigenvalue weighted by molar-refractivity contribution is 7.98. The minimum absolute atomic E-state index is 0.0637.